The number of hydrogen-bond donors (Lipinski definition) is 1. The van der Waals surface area contributed by atoms with Gasteiger partial charge in [0.25, 0.3) is 0 Å². The number of hydrogen-bond acceptors (Lipinski definition) is 0. The summed E-state index contributed by atoms with van der Waals surface area (Å²) in [5, 5.41) is 0. The Morgan fingerprint density at radius 2 is 1.25 bits per heavy atom. The van der Waals surface area contributed by atoms with Crippen LogP contribution >= 0.6 is 24.8 Å². The number of halogens is 2. The molecular weight excluding hydrogens is 149 g/mol. The highest BCUT2D eigenvalue weighted by Gasteiger charge is 1.55. The van der Waals surface area contributed by atoms with Gasteiger partial charge in [-0.3, -0.25) is 0 Å². The van der Waals surface area contributed by atoms with Crippen LogP contribution in [0.15, 0.2) is 24.5 Å². The molecule has 0 atom stereocenters. The topological polar surface area (TPSA) is 47.3 Å². The zero-order chi connectivity index (χ0) is 3.54. The lowest BCUT2D eigenvalue weighted by Crippen LogP contribution is -1.38. The van der Waals surface area contributed by atoms with Gasteiger partial charge >= 0.3 is 0 Å². The van der Waals surface area contributed by atoms with E-state index >= 15 is 0 Å². The van der Waals surface area contributed by atoms with Crippen LogP contribution in [0.25, 0.3) is 0 Å². The summed E-state index contributed by atoms with van der Waals surface area (Å²) in [6.07, 6.45) is 3.75. The molecule has 0 spiro atoms. The van der Waals surface area contributed by atoms with Gasteiger partial charge in [0.2, 0.25) is 0 Å². The Labute approximate surface area is 60.4 Å². The van der Waals surface area contributed by atoms with E-state index < -0.39 is 0 Å². The molecule has 0 bridgehead atoms. The second-order valence-corrected chi connectivity index (χ2v) is 0.885. The van der Waals surface area contributed by atoms with Gasteiger partial charge in [-0.1, -0.05) is 0 Å². The summed E-state index contributed by atoms with van der Waals surface area (Å²) in [4.78, 5) is 2.86. The van der Waals surface area contributed by atoms with Crippen LogP contribution in [-0.2, 0) is 0 Å². The molecule has 8 heavy (non-hydrogen) atoms. The number of aromatic nitrogens is 1. The molecular formula is C4H9Cl2NO. The van der Waals surface area contributed by atoms with E-state index in [1.165, 1.54) is 0 Å². The standard InChI is InChI=1S/C4H5N.2ClH.H2O/c1-2-4-5-3-1;;;/h1-5H;2*1H;1H2. The normalized spacial score (nSPS) is 5.00. The summed E-state index contributed by atoms with van der Waals surface area (Å²) < 4.78 is 0. The number of rotatable bonds is 0. The zero-order valence-electron chi connectivity index (χ0n) is 4.13. The molecule has 0 aliphatic rings. The van der Waals surface area contributed by atoms with E-state index in [-0.39, 0.29) is 30.3 Å². The van der Waals surface area contributed by atoms with Gasteiger partial charge in [0.15, 0.2) is 0 Å². The summed E-state index contributed by atoms with van der Waals surface area (Å²) in [5.41, 5.74) is 0. The molecule has 50 valence electrons. The molecule has 1 heterocycles. The number of aromatic amines is 1. The summed E-state index contributed by atoms with van der Waals surface area (Å²) in [6.45, 7) is 0. The predicted molar refractivity (Wildman–Crippen MR) is 38.9 cm³/mol. The third kappa shape index (κ3) is 5.82. The van der Waals surface area contributed by atoms with Crippen molar-refractivity contribution in [1.29, 1.82) is 0 Å². The van der Waals surface area contributed by atoms with Gasteiger partial charge in [-0.2, -0.15) is 0 Å². The minimum Gasteiger partial charge on any atom is -0.412 e. The highest BCUT2D eigenvalue weighted by atomic mass is 35.5. The van der Waals surface area contributed by atoms with Crippen molar-refractivity contribution in [2.24, 2.45) is 0 Å². The highest BCUT2D eigenvalue weighted by Crippen LogP contribution is 1.72. The molecule has 0 radical (unpaired) electrons. The molecule has 0 aliphatic carbocycles. The highest BCUT2D eigenvalue weighted by molar-refractivity contribution is 5.85. The average molecular weight is 158 g/mol. The maximum Gasteiger partial charge on any atom is 0.000496 e. The molecule has 0 amide bonds. The predicted octanol–water partition coefficient (Wildman–Crippen LogP) is 1.03. The van der Waals surface area contributed by atoms with Crippen LogP contribution in [0.1, 0.15) is 0 Å². The lowest BCUT2D eigenvalue weighted by atomic mass is 10.7. The molecule has 0 unspecified atom stereocenters. The quantitative estimate of drug-likeness (QED) is 0.586. The lowest BCUT2D eigenvalue weighted by Gasteiger charge is -1.49. The van der Waals surface area contributed by atoms with Crippen molar-refractivity contribution in [1.82, 2.24) is 4.98 Å². The van der Waals surface area contributed by atoms with Crippen LogP contribution in [0.3, 0.4) is 0 Å². The number of nitrogens with one attached hydrogen (secondary N) is 1. The monoisotopic (exact) mass is 157 g/mol. The largest absolute Gasteiger partial charge is 0.412 e. The molecule has 4 heteroatoms. The van der Waals surface area contributed by atoms with Crippen LogP contribution in [0.5, 0.6) is 0 Å². The third-order valence-electron chi connectivity index (χ3n) is 0.496. The first-order chi connectivity index (χ1) is 2.50. The van der Waals surface area contributed by atoms with Crippen LogP contribution in [0.4, 0.5) is 0 Å². The summed E-state index contributed by atoms with van der Waals surface area (Å²) >= 11 is 0. The molecule has 1 aromatic heterocycles. The second-order valence-electron chi connectivity index (χ2n) is 0.885. The first-order valence-electron chi connectivity index (χ1n) is 1.58. The van der Waals surface area contributed by atoms with Crippen LogP contribution in [0.2, 0.25) is 0 Å². The van der Waals surface area contributed by atoms with E-state index in [0.717, 1.165) is 0 Å². The van der Waals surface area contributed by atoms with Crippen molar-refractivity contribution in [2.75, 3.05) is 0 Å². The Hall–Kier alpha value is -0.180. The van der Waals surface area contributed by atoms with Crippen molar-refractivity contribution < 1.29 is 5.48 Å². The van der Waals surface area contributed by atoms with Gasteiger partial charge in [0.05, 0.1) is 0 Å². The van der Waals surface area contributed by atoms with Gasteiger partial charge in [-0.25, -0.2) is 0 Å². The van der Waals surface area contributed by atoms with E-state index in [4.69, 9.17) is 0 Å². The van der Waals surface area contributed by atoms with Crippen molar-refractivity contribution in [2.45, 2.75) is 0 Å². The minimum atomic E-state index is 0. The molecule has 1 rings (SSSR count). The van der Waals surface area contributed by atoms with Crippen molar-refractivity contribution >= 4 is 24.8 Å². The maximum absolute atomic E-state index is 2.86. The van der Waals surface area contributed by atoms with Gasteiger partial charge in [0, 0.05) is 12.4 Å². The molecule has 2 nitrogen and oxygen atoms in total. The molecule has 0 aliphatic heterocycles. The molecule has 0 aromatic carbocycles. The number of H-pyrrole nitrogens is 1. The fraction of sp³-hybridized carbons (Fsp3) is 0. The third-order valence-corrected chi connectivity index (χ3v) is 0.496. The maximum atomic E-state index is 2.86. The van der Waals surface area contributed by atoms with E-state index in [2.05, 4.69) is 4.98 Å². The molecule has 0 saturated heterocycles. The first kappa shape index (κ1) is 15.7. The van der Waals surface area contributed by atoms with E-state index in [1.807, 2.05) is 24.5 Å². The van der Waals surface area contributed by atoms with Gasteiger partial charge < -0.3 is 10.5 Å². The molecule has 0 fully saturated rings. The summed E-state index contributed by atoms with van der Waals surface area (Å²) in [5.74, 6) is 0. The first-order valence-corrected chi connectivity index (χ1v) is 1.58. The van der Waals surface area contributed by atoms with Gasteiger partial charge in [-0.15, -0.1) is 24.8 Å². The average Bonchev–Trinajstić information content (AvgIpc) is 1.76. The Morgan fingerprint density at radius 1 is 0.875 bits per heavy atom. The van der Waals surface area contributed by atoms with Crippen LogP contribution in [-0.4, -0.2) is 10.5 Å². The van der Waals surface area contributed by atoms with Crippen LogP contribution < -0.4 is 0 Å². The zero-order valence-corrected chi connectivity index (χ0v) is 5.76. The summed E-state index contributed by atoms with van der Waals surface area (Å²) in [6, 6.07) is 3.89. The van der Waals surface area contributed by atoms with Gasteiger partial charge in [0.1, 0.15) is 0 Å². The molecule has 0 saturated carbocycles. The van der Waals surface area contributed by atoms with Gasteiger partial charge in [-0.05, 0) is 12.1 Å². The van der Waals surface area contributed by atoms with Crippen molar-refractivity contribution in [3.63, 3.8) is 0 Å². The minimum absolute atomic E-state index is 0. The smallest absolute Gasteiger partial charge is 0.000496 e. The van der Waals surface area contributed by atoms with E-state index in [9.17, 15) is 0 Å². The Balaban J connectivity index is -0.0000000833. The van der Waals surface area contributed by atoms with Crippen molar-refractivity contribution in [3.05, 3.63) is 24.5 Å². The molecule has 1 aromatic rings. The van der Waals surface area contributed by atoms with E-state index in [1.54, 1.807) is 0 Å². The second kappa shape index (κ2) is 9.94. The lowest BCUT2D eigenvalue weighted by molar-refractivity contribution is 0.824. The van der Waals surface area contributed by atoms with Crippen LogP contribution in [0, 0.1) is 0 Å². The SMILES string of the molecule is Cl.Cl.O.c1cc[nH]c1. The molecule has 3 N–H and O–H groups in total. The fourth-order valence-electron chi connectivity index (χ4n) is 0.278. The summed E-state index contributed by atoms with van der Waals surface area (Å²) in [7, 11) is 0. The fourth-order valence-corrected chi connectivity index (χ4v) is 0.278. The van der Waals surface area contributed by atoms with Crippen molar-refractivity contribution in [3.8, 4) is 0 Å². The van der Waals surface area contributed by atoms with E-state index in [0.29, 0.717) is 0 Å². The Bertz CT molecular complexity index is 70.5. The Kier molecular flexibility index (Phi) is 19.5. The Morgan fingerprint density at radius 3 is 1.38 bits per heavy atom.